The van der Waals surface area contributed by atoms with Crippen molar-refractivity contribution < 1.29 is 13.2 Å². The quantitative estimate of drug-likeness (QED) is 0.708. The summed E-state index contributed by atoms with van der Waals surface area (Å²) in [5.41, 5.74) is 0. The van der Waals surface area contributed by atoms with Crippen molar-refractivity contribution in [2.75, 3.05) is 38.2 Å². The fourth-order valence-corrected chi connectivity index (χ4v) is 3.61. The van der Waals surface area contributed by atoms with Crippen molar-refractivity contribution >= 4 is 26.1 Å². The molecule has 0 aliphatic carbocycles. The van der Waals surface area contributed by atoms with Crippen molar-refractivity contribution in [3.05, 3.63) is 0 Å². The van der Waals surface area contributed by atoms with Gasteiger partial charge in [-0.2, -0.15) is 12.7 Å². The molecule has 0 aromatic carbocycles. The van der Waals surface area contributed by atoms with E-state index in [1.54, 1.807) is 0 Å². The maximum absolute atomic E-state index is 12.0. The van der Waals surface area contributed by atoms with Crippen molar-refractivity contribution in [2.45, 2.75) is 19.8 Å². The van der Waals surface area contributed by atoms with Gasteiger partial charge in [0.1, 0.15) is 0 Å². The van der Waals surface area contributed by atoms with Crippen molar-refractivity contribution in [2.24, 2.45) is 5.92 Å². The summed E-state index contributed by atoms with van der Waals surface area (Å²) in [7, 11) is -3.32. The van der Waals surface area contributed by atoms with Crippen LogP contribution in [0.15, 0.2) is 0 Å². The van der Waals surface area contributed by atoms with Crippen LogP contribution in [0.1, 0.15) is 19.8 Å². The molecule has 0 radical (unpaired) electrons. The van der Waals surface area contributed by atoms with Crippen molar-refractivity contribution in [3.8, 4) is 0 Å². The topological polar surface area (TPSA) is 58.6 Å². The molecule has 1 aliphatic rings. The van der Waals surface area contributed by atoms with Gasteiger partial charge in [0.05, 0.1) is 13.2 Å². The summed E-state index contributed by atoms with van der Waals surface area (Å²) in [6.07, 6.45) is 1.97. The van der Waals surface area contributed by atoms with E-state index in [4.69, 9.17) is 4.74 Å². The summed E-state index contributed by atoms with van der Waals surface area (Å²) in [5.74, 6) is 0.394. The summed E-state index contributed by atoms with van der Waals surface area (Å²) < 4.78 is 33.2. The minimum atomic E-state index is -3.32. The molecule has 1 aliphatic heterocycles. The average molecular weight is 329 g/mol. The Kier molecular flexibility index (Phi) is 6.94. The van der Waals surface area contributed by atoms with E-state index < -0.39 is 10.2 Å². The number of nitrogens with zero attached hydrogens (tertiary/aromatic N) is 1. The Bertz CT molecular complexity index is 305. The number of rotatable bonds is 7. The maximum atomic E-state index is 12.0. The third-order valence-corrected chi connectivity index (χ3v) is 4.99. The first kappa shape index (κ1) is 15.4. The largest absolute Gasteiger partial charge is 0.379 e. The van der Waals surface area contributed by atoms with Gasteiger partial charge in [0, 0.05) is 25.0 Å². The molecule has 1 N–H and O–H groups in total. The molecule has 5 nitrogen and oxygen atoms in total. The van der Waals surface area contributed by atoms with Gasteiger partial charge >= 0.3 is 0 Å². The molecule has 1 saturated heterocycles. The zero-order chi connectivity index (χ0) is 12.7. The standard InChI is InChI=1S/C10H21BrN2O3S/c1-2-10(3-4-11)9-12-17(14,15)13-5-7-16-8-6-13/h10,12H,2-9H2,1H3. The van der Waals surface area contributed by atoms with Crippen LogP contribution in [0.3, 0.4) is 0 Å². The third kappa shape index (κ3) is 5.21. The molecule has 0 aromatic rings. The van der Waals surface area contributed by atoms with E-state index >= 15 is 0 Å². The van der Waals surface area contributed by atoms with Gasteiger partial charge < -0.3 is 4.74 Å². The van der Waals surface area contributed by atoms with Crippen LogP contribution < -0.4 is 4.72 Å². The fraction of sp³-hybridized carbons (Fsp3) is 1.00. The molecule has 7 heteroatoms. The molecular formula is C10H21BrN2O3S. The Morgan fingerprint density at radius 2 is 2.06 bits per heavy atom. The third-order valence-electron chi connectivity index (χ3n) is 2.96. The van der Waals surface area contributed by atoms with E-state index in [9.17, 15) is 8.42 Å². The predicted molar refractivity (Wildman–Crippen MR) is 71.5 cm³/mol. The van der Waals surface area contributed by atoms with Gasteiger partial charge in [0.2, 0.25) is 0 Å². The van der Waals surface area contributed by atoms with Crippen LogP contribution in [0.4, 0.5) is 0 Å². The van der Waals surface area contributed by atoms with Gasteiger partial charge in [-0.25, -0.2) is 4.72 Å². The number of hydrogen-bond donors (Lipinski definition) is 1. The molecule has 0 amide bonds. The van der Waals surface area contributed by atoms with Crippen LogP contribution in [-0.2, 0) is 14.9 Å². The van der Waals surface area contributed by atoms with Gasteiger partial charge in [-0.3, -0.25) is 0 Å². The molecule has 0 saturated carbocycles. The predicted octanol–water partition coefficient (Wildman–Crippen LogP) is 0.964. The highest BCUT2D eigenvalue weighted by Crippen LogP contribution is 2.10. The zero-order valence-corrected chi connectivity index (χ0v) is 12.6. The highest BCUT2D eigenvalue weighted by Gasteiger charge is 2.24. The number of morpholine rings is 1. The Morgan fingerprint density at radius 3 is 2.59 bits per heavy atom. The van der Waals surface area contributed by atoms with Gasteiger partial charge in [0.15, 0.2) is 0 Å². The smallest absolute Gasteiger partial charge is 0.279 e. The van der Waals surface area contributed by atoms with E-state index in [0.29, 0.717) is 38.8 Å². The van der Waals surface area contributed by atoms with Gasteiger partial charge in [0.25, 0.3) is 10.2 Å². The second kappa shape index (κ2) is 7.68. The SMILES string of the molecule is CCC(CCBr)CNS(=O)(=O)N1CCOCC1. The summed E-state index contributed by atoms with van der Waals surface area (Å²) >= 11 is 3.38. The van der Waals surface area contributed by atoms with E-state index in [1.165, 1.54) is 4.31 Å². The summed E-state index contributed by atoms with van der Waals surface area (Å²) in [6, 6.07) is 0. The van der Waals surface area contributed by atoms with E-state index in [1.807, 2.05) is 0 Å². The van der Waals surface area contributed by atoms with Crippen molar-refractivity contribution in [1.29, 1.82) is 0 Å². The Morgan fingerprint density at radius 1 is 1.41 bits per heavy atom. The fourth-order valence-electron chi connectivity index (χ4n) is 1.71. The van der Waals surface area contributed by atoms with Crippen LogP contribution in [0, 0.1) is 5.92 Å². The van der Waals surface area contributed by atoms with E-state index in [2.05, 4.69) is 27.6 Å². The Balaban J connectivity index is 2.42. The monoisotopic (exact) mass is 328 g/mol. The molecule has 1 heterocycles. The first-order valence-corrected chi connectivity index (χ1v) is 8.54. The lowest BCUT2D eigenvalue weighted by Gasteiger charge is -2.27. The molecule has 0 bridgehead atoms. The number of alkyl halides is 1. The van der Waals surface area contributed by atoms with Crippen molar-refractivity contribution in [3.63, 3.8) is 0 Å². The average Bonchev–Trinajstić information content (AvgIpc) is 2.35. The second-order valence-corrected chi connectivity index (χ2v) is 6.67. The Labute approximate surface area is 112 Å². The normalized spacial score (nSPS) is 20.4. The molecular weight excluding hydrogens is 308 g/mol. The van der Waals surface area contributed by atoms with Crippen LogP contribution >= 0.6 is 15.9 Å². The molecule has 1 unspecified atom stereocenters. The van der Waals surface area contributed by atoms with Crippen LogP contribution in [-0.4, -0.2) is 50.9 Å². The first-order valence-electron chi connectivity index (χ1n) is 5.98. The first-order chi connectivity index (χ1) is 8.10. The lowest BCUT2D eigenvalue weighted by Crippen LogP contribution is -2.47. The zero-order valence-electron chi connectivity index (χ0n) is 10.2. The molecule has 1 rings (SSSR count). The van der Waals surface area contributed by atoms with Gasteiger partial charge in [-0.1, -0.05) is 29.3 Å². The van der Waals surface area contributed by atoms with Gasteiger partial charge in [-0.05, 0) is 12.3 Å². The maximum Gasteiger partial charge on any atom is 0.279 e. The highest BCUT2D eigenvalue weighted by molar-refractivity contribution is 9.09. The molecule has 0 spiro atoms. The summed E-state index contributed by atoms with van der Waals surface area (Å²) in [5, 5.41) is 0.908. The highest BCUT2D eigenvalue weighted by atomic mass is 79.9. The number of halogens is 1. The van der Waals surface area contributed by atoms with Crippen LogP contribution in [0.5, 0.6) is 0 Å². The lowest BCUT2D eigenvalue weighted by molar-refractivity contribution is 0.0724. The summed E-state index contributed by atoms with van der Waals surface area (Å²) in [6.45, 7) is 4.46. The lowest BCUT2D eigenvalue weighted by atomic mass is 10.0. The van der Waals surface area contributed by atoms with Crippen LogP contribution in [0.2, 0.25) is 0 Å². The second-order valence-electron chi connectivity index (χ2n) is 4.12. The minimum Gasteiger partial charge on any atom is -0.379 e. The van der Waals surface area contributed by atoms with Crippen LogP contribution in [0.25, 0.3) is 0 Å². The molecule has 0 aromatic heterocycles. The molecule has 102 valence electrons. The van der Waals surface area contributed by atoms with Crippen molar-refractivity contribution in [1.82, 2.24) is 9.03 Å². The molecule has 1 fully saturated rings. The summed E-state index contributed by atoms with van der Waals surface area (Å²) in [4.78, 5) is 0. The number of hydrogen-bond acceptors (Lipinski definition) is 3. The molecule has 1 atom stereocenters. The number of nitrogens with one attached hydrogen (secondary N) is 1. The number of ether oxygens (including phenoxy) is 1. The van der Waals surface area contributed by atoms with E-state index in [-0.39, 0.29) is 0 Å². The van der Waals surface area contributed by atoms with E-state index in [0.717, 1.165) is 18.2 Å². The Hall–Kier alpha value is 0.310. The minimum absolute atomic E-state index is 0.394. The van der Waals surface area contributed by atoms with Gasteiger partial charge in [-0.15, -0.1) is 0 Å². The molecule has 17 heavy (non-hydrogen) atoms.